The molecule has 100 valence electrons. The van der Waals surface area contributed by atoms with E-state index >= 15 is 0 Å². The van der Waals surface area contributed by atoms with E-state index in [9.17, 15) is 4.79 Å². The predicted octanol–water partition coefficient (Wildman–Crippen LogP) is 5.02. The first-order valence-corrected chi connectivity index (χ1v) is 7.87. The third kappa shape index (κ3) is 3.67. The number of rotatable bonds is 4. The molecular formula is C15H16BrNOS. The average molecular weight is 338 g/mol. The van der Waals surface area contributed by atoms with Crippen LogP contribution in [0.15, 0.2) is 34.8 Å². The molecule has 0 bridgehead atoms. The minimum absolute atomic E-state index is 0.0298. The second-order valence-corrected chi connectivity index (χ2v) is 6.58. The predicted molar refractivity (Wildman–Crippen MR) is 85.1 cm³/mol. The molecule has 0 aliphatic carbocycles. The summed E-state index contributed by atoms with van der Waals surface area (Å²) in [5, 5.41) is 2.92. The zero-order chi connectivity index (χ0) is 13.8. The Morgan fingerprint density at radius 1 is 1.32 bits per heavy atom. The highest BCUT2D eigenvalue weighted by molar-refractivity contribution is 9.10. The lowest BCUT2D eigenvalue weighted by atomic mass is 10.1. The topological polar surface area (TPSA) is 29.1 Å². The molecule has 1 N–H and O–H groups in total. The first-order valence-electron chi connectivity index (χ1n) is 6.26. The Morgan fingerprint density at radius 3 is 2.63 bits per heavy atom. The molecule has 1 amide bonds. The summed E-state index contributed by atoms with van der Waals surface area (Å²) in [6, 6.07) is 9.61. The van der Waals surface area contributed by atoms with Gasteiger partial charge in [0.1, 0.15) is 0 Å². The minimum atomic E-state index is -0.0298. The number of halogens is 1. The standard InChI is InChI=1S/C15H16BrNOS/c1-3-4-11-9-14(19-10(11)2)15(18)17-13-7-5-12(16)6-8-13/h5-9H,3-4H2,1-2H3,(H,17,18). The minimum Gasteiger partial charge on any atom is -0.321 e. The van der Waals surface area contributed by atoms with E-state index in [4.69, 9.17) is 0 Å². The van der Waals surface area contributed by atoms with Gasteiger partial charge < -0.3 is 5.32 Å². The zero-order valence-corrected chi connectivity index (χ0v) is 13.4. The summed E-state index contributed by atoms with van der Waals surface area (Å²) >= 11 is 4.94. The molecule has 1 heterocycles. The maximum atomic E-state index is 12.2. The third-order valence-corrected chi connectivity index (χ3v) is 4.49. The van der Waals surface area contributed by atoms with Crippen molar-refractivity contribution in [1.82, 2.24) is 0 Å². The van der Waals surface area contributed by atoms with Gasteiger partial charge in [-0.05, 0) is 49.2 Å². The van der Waals surface area contributed by atoms with Crippen LogP contribution in [0.4, 0.5) is 5.69 Å². The summed E-state index contributed by atoms with van der Waals surface area (Å²) in [6.07, 6.45) is 2.14. The van der Waals surface area contributed by atoms with Gasteiger partial charge in [-0.25, -0.2) is 0 Å². The van der Waals surface area contributed by atoms with E-state index in [2.05, 4.69) is 35.1 Å². The van der Waals surface area contributed by atoms with E-state index in [0.717, 1.165) is 27.9 Å². The molecule has 0 atom stereocenters. The van der Waals surface area contributed by atoms with E-state index < -0.39 is 0 Å². The summed E-state index contributed by atoms with van der Waals surface area (Å²) < 4.78 is 1.00. The van der Waals surface area contributed by atoms with Crippen molar-refractivity contribution < 1.29 is 4.79 Å². The van der Waals surface area contributed by atoms with Crippen LogP contribution >= 0.6 is 27.3 Å². The Labute approximate surface area is 126 Å². The number of nitrogens with one attached hydrogen (secondary N) is 1. The number of amides is 1. The number of benzene rings is 1. The van der Waals surface area contributed by atoms with Crippen LogP contribution in [0.1, 0.15) is 33.5 Å². The van der Waals surface area contributed by atoms with Gasteiger partial charge in [0.2, 0.25) is 0 Å². The number of anilines is 1. The Hall–Kier alpha value is -1.13. The average Bonchev–Trinajstić information content (AvgIpc) is 2.75. The molecule has 1 aromatic carbocycles. The van der Waals surface area contributed by atoms with Crippen molar-refractivity contribution in [3.05, 3.63) is 50.1 Å². The van der Waals surface area contributed by atoms with Crippen molar-refractivity contribution in [2.24, 2.45) is 0 Å². The molecular weight excluding hydrogens is 322 g/mol. The Morgan fingerprint density at radius 2 is 2.00 bits per heavy atom. The Kier molecular flexibility index (Phi) is 4.77. The molecule has 2 rings (SSSR count). The lowest BCUT2D eigenvalue weighted by Gasteiger charge is -2.03. The number of hydrogen-bond acceptors (Lipinski definition) is 2. The van der Waals surface area contributed by atoms with Crippen molar-refractivity contribution in [2.45, 2.75) is 26.7 Å². The molecule has 0 aliphatic heterocycles. The number of carbonyl (C=O) groups excluding carboxylic acids is 1. The molecule has 0 radical (unpaired) electrons. The molecule has 19 heavy (non-hydrogen) atoms. The van der Waals surface area contributed by atoms with Gasteiger partial charge in [0, 0.05) is 15.0 Å². The van der Waals surface area contributed by atoms with Gasteiger partial charge in [-0.1, -0.05) is 29.3 Å². The fourth-order valence-corrected chi connectivity index (χ4v) is 3.11. The van der Waals surface area contributed by atoms with Crippen LogP contribution in [0.25, 0.3) is 0 Å². The van der Waals surface area contributed by atoms with Crippen molar-refractivity contribution in [3.8, 4) is 0 Å². The Balaban J connectivity index is 2.11. The maximum absolute atomic E-state index is 12.2. The Bertz CT molecular complexity index is 574. The van der Waals surface area contributed by atoms with E-state index in [0.29, 0.717) is 0 Å². The second kappa shape index (κ2) is 6.35. The van der Waals surface area contributed by atoms with Crippen molar-refractivity contribution >= 4 is 38.9 Å². The first kappa shape index (κ1) is 14.3. The summed E-state index contributed by atoms with van der Waals surface area (Å²) in [5.74, 6) is -0.0298. The zero-order valence-electron chi connectivity index (χ0n) is 11.0. The molecule has 0 aliphatic rings. The van der Waals surface area contributed by atoms with E-state index in [1.54, 1.807) is 11.3 Å². The lowest BCUT2D eigenvalue weighted by molar-refractivity contribution is 0.103. The van der Waals surface area contributed by atoms with E-state index in [1.807, 2.05) is 30.3 Å². The smallest absolute Gasteiger partial charge is 0.265 e. The summed E-state index contributed by atoms with van der Waals surface area (Å²) in [4.78, 5) is 14.2. The van der Waals surface area contributed by atoms with Crippen LogP contribution in [0, 0.1) is 6.92 Å². The number of hydrogen-bond donors (Lipinski definition) is 1. The van der Waals surface area contributed by atoms with Crippen LogP contribution in [0.3, 0.4) is 0 Å². The highest BCUT2D eigenvalue weighted by Gasteiger charge is 2.12. The van der Waals surface area contributed by atoms with Gasteiger partial charge >= 0.3 is 0 Å². The molecule has 0 spiro atoms. The number of thiophene rings is 1. The fraction of sp³-hybridized carbons (Fsp3) is 0.267. The molecule has 0 saturated carbocycles. The van der Waals surface area contributed by atoms with Crippen molar-refractivity contribution in [2.75, 3.05) is 5.32 Å². The van der Waals surface area contributed by atoms with Gasteiger partial charge in [0.15, 0.2) is 0 Å². The van der Waals surface area contributed by atoms with Gasteiger partial charge in [0.05, 0.1) is 4.88 Å². The monoisotopic (exact) mass is 337 g/mol. The molecule has 0 unspecified atom stereocenters. The normalized spacial score (nSPS) is 10.5. The summed E-state index contributed by atoms with van der Waals surface area (Å²) in [5.41, 5.74) is 2.10. The van der Waals surface area contributed by atoms with Crippen molar-refractivity contribution in [3.63, 3.8) is 0 Å². The van der Waals surface area contributed by atoms with Gasteiger partial charge in [-0.2, -0.15) is 0 Å². The van der Waals surface area contributed by atoms with Crippen LogP contribution in [-0.4, -0.2) is 5.91 Å². The molecule has 4 heteroatoms. The fourth-order valence-electron chi connectivity index (χ4n) is 1.88. The molecule has 2 nitrogen and oxygen atoms in total. The quantitative estimate of drug-likeness (QED) is 0.833. The number of carbonyl (C=O) groups is 1. The van der Waals surface area contributed by atoms with Crippen LogP contribution < -0.4 is 5.32 Å². The van der Waals surface area contributed by atoms with Crippen molar-refractivity contribution in [1.29, 1.82) is 0 Å². The SMILES string of the molecule is CCCc1cc(C(=O)Nc2ccc(Br)cc2)sc1C. The van der Waals surface area contributed by atoms with E-state index in [1.165, 1.54) is 10.4 Å². The van der Waals surface area contributed by atoms with Crippen LogP contribution in [-0.2, 0) is 6.42 Å². The van der Waals surface area contributed by atoms with Gasteiger partial charge in [-0.3, -0.25) is 4.79 Å². The summed E-state index contributed by atoms with van der Waals surface area (Å²) in [7, 11) is 0. The van der Waals surface area contributed by atoms with Crippen LogP contribution in [0.5, 0.6) is 0 Å². The van der Waals surface area contributed by atoms with Gasteiger partial charge in [-0.15, -0.1) is 11.3 Å². The van der Waals surface area contributed by atoms with E-state index in [-0.39, 0.29) is 5.91 Å². The number of aryl methyl sites for hydroxylation is 2. The lowest BCUT2D eigenvalue weighted by Crippen LogP contribution is -2.09. The summed E-state index contributed by atoms with van der Waals surface area (Å²) in [6.45, 7) is 4.23. The van der Waals surface area contributed by atoms with Crippen LogP contribution in [0.2, 0.25) is 0 Å². The molecule has 0 saturated heterocycles. The van der Waals surface area contributed by atoms with Gasteiger partial charge in [0.25, 0.3) is 5.91 Å². The maximum Gasteiger partial charge on any atom is 0.265 e. The highest BCUT2D eigenvalue weighted by atomic mass is 79.9. The largest absolute Gasteiger partial charge is 0.321 e. The molecule has 0 fully saturated rings. The highest BCUT2D eigenvalue weighted by Crippen LogP contribution is 2.24. The second-order valence-electron chi connectivity index (χ2n) is 4.40. The molecule has 1 aromatic heterocycles. The first-order chi connectivity index (χ1) is 9.10. The molecule has 2 aromatic rings. The third-order valence-electron chi connectivity index (χ3n) is 2.87.